The van der Waals surface area contributed by atoms with Gasteiger partial charge < -0.3 is 19.3 Å². The van der Waals surface area contributed by atoms with Gasteiger partial charge in [-0.3, -0.25) is 4.79 Å². The van der Waals surface area contributed by atoms with Gasteiger partial charge in [-0.2, -0.15) is 0 Å². The highest BCUT2D eigenvalue weighted by Gasteiger charge is 2.22. The third-order valence-corrected chi connectivity index (χ3v) is 4.65. The molecule has 7 nitrogen and oxygen atoms in total. The zero-order valence-corrected chi connectivity index (χ0v) is 16.0. The Morgan fingerprint density at radius 1 is 0.793 bits per heavy atom. The number of hydrogen-bond donors (Lipinski definition) is 0. The number of aromatic nitrogens is 2. The van der Waals surface area contributed by atoms with E-state index in [2.05, 4.69) is 15.1 Å². The first-order valence-electron chi connectivity index (χ1n) is 9.55. The average molecular weight is 390 g/mol. The quantitative estimate of drug-likeness (QED) is 0.645. The summed E-state index contributed by atoms with van der Waals surface area (Å²) in [5, 5.41) is 8.42. The molecule has 0 N–H and O–H groups in total. The van der Waals surface area contributed by atoms with E-state index < -0.39 is 0 Å². The van der Waals surface area contributed by atoms with Gasteiger partial charge in [0, 0.05) is 32.2 Å². The van der Waals surface area contributed by atoms with Gasteiger partial charge in [-0.1, -0.05) is 36.4 Å². The standard InChI is InChI=1S/C22H22N4O3/c27-22(17-28-18-7-3-1-4-8-18)26-15-13-25(14-16-26)20-11-12-21(24-23-20)29-19-9-5-2-6-10-19/h1-12H,13-17H2. The van der Waals surface area contributed by atoms with Crippen molar-refractivity contribution in [2.75, 3.05) is 37.7 Å². The van der Waals surface area contributed by atoms with E-state index in [0.717, 1.165) is 11.6 Å². The number of carbonyl (C=O) groups is 1. The summed E-state index contributed by atoms with van der Waals surface area (Å²) in [5.74, 6) is 2.64. The lowest BCUT2D eigenvalue weighted by molar-refractivity contribution is -0.133. The van der Waals surface area contributed by atoms with E-state index in [0.29, 0.717) is 37.8 Å². The van der Waals surface area contributed by atoms with Crippen LogP contribution in [-0.2, 0) is 4.79 Å². The van der Waals surface area contributed by atoms with Crippen molar-refractivity contribution in [2.24, 2.45) is 0 Å². The maximum Gasteiger partial charge on any atom is 0.260 e. The fraction of sp³-hybridized carbons (Fsp3) is 0.227. The molecule has 0 radical (unpaired) electrons. The second kappa shape index (κ2) is 9.05. The lowest BCUT2D eigenvalue weighted by atomic mass is 10.3. The van der Waals surface area contributed by atoms with Gasteiger partial charge in [-0.25, -0.2) is 0 Å². The second-order valence-corrected chi connectivity index (χ2v) is 6.61. The molecule has 1 aliphatic rings. The van der Waals surface area contributed by atoms with E-state index in [-0.39, 0.29) is 12.5 Å². The molecule has 4 rings (SSSR count). The van der Waals surface area contributed by atoms with Gasteiger partial charge >= 0.3 is 0 Å². The second-order valence-electron chi connectivity index (χ2n) is 6.61. The van der Waals surface area contributed by atoms with Gasteiger partial charge in [0.25, 0.3) is 5.91 Å². The number of anilines is 1. The number of nitrogens with zero attached hydrogens (tertiary/aromatic N) is 4. The third-order valence-electron chi connectivity index (χ3n) is 4.65. The first kappa shape index (κ1) is 18.7. The number of ether oxygens (including phenoxy) is 2. The van der Waals surface area contributed by atoms with E-state index in [9.17, 15) is 4.79 Å². The van der Waals surface area contributed by atoms with Crippen LogP contribution in [-0.4, -0.2) is 53.8 Å². The van der Waals surface area contributed by atoms with Crippen molar-refractivity contribution in [3.8, 4) is 17.4 Å². The molecule has 7 heteroatoms. The van der Waals surface area contributed by atoms with E-state index in [4.69, 9.17) is 9.47 Å². The first-order chi connectivity index (χ1) is 14.3. The van der Waals surface area contributed by atoms with Crippen LogP contribution in [0.2, 0.25) is 0 Å². The molecule has 0 atom stereocenters. The highest BCUT2D eigenvalue weighted by Crippen LogP contribution is 2.20. The smallest absolute Gasteiger partial charge is 0.260 e. The minimum atomic E-state index is -0.00815. The third kappa shape index (κ3) is 5.01. The van der Waals surface area contributed by atoms with Gasteiger partial charge in [-0.05, 0) is 30.3 Å². The number of amides is 1. The van der Waals surface area contributed by atoms with Crippen molar-refractivity contribution < 1.29 is 14.3 Å². The molecule has 1 fully saturated rings. The molecule has 0 spiro atoms. The van der Waals surface area contributed by atoms with Crippen LogP contribution in [0.1, 0.15) is 0 Å². The number of benzene rings is 2. The highest BCUT2D eigenvalue weighted by molar-refractivity contribution is 5.78. The van der Waals surface area contributed by atoms with E-state index >= 15 is 0 Å². The summed E-state index contributed by atoms with van der Waals surface area (Å²) in [6.07, 6.45) is 0. The van der Waals surface area contributed by atoms with Crippen LogP contribution in [0.3, 0.4) is 0 Å². The van der Waals surface area contributed by atoms with Crippen LogP contribution in [0.5, 0.6) is 17.4 Å². The van der Waals surface area contributed by atoms with E-state index in [1.807, 2.05) is 71.6 Å². The maximum atomic E-state index is 12.4. The molecule has 1 saturated heterocycles. The molecule has 0 aliphatic carbocycles. The van der Waals surface area contributed by atoms with Crippen LogP contribution >= 0.6 is 0 Å². The summed E-state index contributed by atoms with van der Waals surface area (Å²) in [6, 6.07) is 22.5. The molecule has 2 heterocycles. The van der Waals surface area contributed by atoms with Gasteiger partial charge in [0.2, 0.25) is 5.88 Å². The topological polar surface area (TPSA) is 67.8 Å². The molecular weight excluding hydrogens is 368 g/mol. The summed E-state index contributed by atoms with van der Waals surface area (Å²) < 4.78 is 11.2. The van der Waals surface area contributed by atoms with Crippen molar-refractivity contribution >= 4 is 11.7 Å². The van der Waals surface area contributed by atoms with Gasteiger partial charge in [-0.15, -0.1) is 10.2 Å². The summed E-state index contributed by atoms with van der Waals surface area (Å²) in [5.41, 5.74) is 0. The predicted octanol–water partition coefficient (Wildman–Crippen LogP) is 3.00. The molecule has 0 bridgehead atoms. The van der Waals surface area contributed by atoms with Crippen molar-refractivity contribution in [3.63, 3.8) is 0 Å². The summed E-state index contributed by atoms with van der Waals surface area (Å²) in [6.45, 7) is 2.70. The SMILES string of the molecule is O=C(COc1ccccc1)N1CCN(c2ccc(Oc3ccccc3)nn2)CC1. The normalized spacial score (nSPS) is 13.8. The largest absolute Gasteiger partial charge is 0.484 e. The molecule has 148 valence electrons. The minimum absolute atomic E-state index is 0.00815. The van der Waals surface area contributed by atoms with Crippen LogP contribution in [0.25, 0.3) is 0 Å². The lowest BCUT2D eigenvalue weighted by Crippen LogP contribution is -2.50. The monoisotopic (exact) mass is 390 g/mol. The molecule has 0 unspecified atom stereocenters. The molecular formula is C22H22N4O3. The van der Waals surface area contributed by atoms with Crippen LogP contribution in [0.15, 0.2) is 72.8 Å². The Labute approximate surface area is 169 Å². The number of rotatable bonds is 6. The molecule has 2 aromatic carbocycles. The highest BCUT2D eigenvalue weighted by atomic mass is 16.5. The van der Waals surface area contributed by atoms with Crippen LogP contribution < -0.4 is 14.4 Å². The van der Waals surface area contributed by atoms with E-state index in [1.165, 1.54) is 0 Å². The number of hydrogen-bond acceptors (Lipinski definition) is 6. The summed E-state index contributed by atoms with van der Waals surface area (Å²) >= 11 is 0. The molecule has 1 aliphatic heterocycles. The number of piperazine rings is 1. The zero-order chi connectivity index (χ0) is 19.9. The van der Waals surface area contributed by atoms with Crippen molar-refractivity contribution in [3.05, 3.63) is 72.8 Å². The Kier molecular flexibility index (Phi) is 5.85. The Hall–Kier alpha value is -3.61. The summed E-state index contributed by atoms with van der Waals surface area (Å²) in [7, 11) is 0. The van der Waals surface area contributed by atoms with Crippen molar-refractivity contribution in [1.82, 2.24) is 15.1 Å². The van der Waals surface area contributed by atoms with Crippen molar-refractivity contribution in [1.29, 1.82) is 0 Å². The number of carbonyl (C=O) groups excluding carboxylic acids is 1. The lowest BCUT2D eigenvalue weighted by Gasteiger charge is -2.35. The predicted molar refractivity (Wildman–Crippen MR) is 109 cm³/mol. The maximum absolute atomic E-state index is 12.4. The molecule has 1 aromatic heterocycles. The zero-order valence-electron chi connectivity index (χ0n) is 16.0. The Morgan fingerprint density at radius 3 is 2.07 bits per heavy atom. The fourth-order valence-electron chi connectivity index (χ4n) is 3.08. The van der Waals surface area contributed by atoms with Gasteiger partial charge in [0.1, 0.15) is 11.5 Å². The van der Waals surface area contributed by atoms with Crippen LogP contribution in [0.4, 0.5) is 5.82 Å². The molecule has 1 amide bonds. The minimum Gasteiger partial charge on any atom is -0.484 e. The Morgan fingerprint density at radius 2 is 1.45 bits per heavy atom. The average Bonchev–Trinajstić information content (AvgIpc) is 2.79. The van der Waals surface area contributed by atoms with E-state index in [1.54, 1.807) is 6.07 Å². The summed E-state index contributed by atoms with van der Waals surface area (Å²) in [4.78, 5) is 16.3. The van der Waals surface area contributed by atoms with Crippen molar-refractivity contribution in [2.45, 2.75) is 0 Å². The molecule has 0 saturated carbocycles. The Balaban J connectivity index is 1.26. The fourth-order valence-corrected chi connectivity index (χ4v) is 3.08. The number of para-hydroxylation sites is 2. The Bertz CT molecular complexity index is 912. The van der Waals surface area contributed by atoms with Gasteiger partial charge in [0.05, 0.1) is 0 Å². The van der Waals surface area contributed by atoms with Gasteiger partial charge in [0.15, 0.2) is 12.4 Å². The molecule has 3 aromatic rings. The molecule has 29 heavy (non-hydrogen) atoms. The van der Waals surface area contributed by atoms with Crippen LogP contribution in [0, 0.1) is 0 Å². The first-order valence-corrected chi connectivity index (χ1v) is 9.55.